The number of nitrogens with zero attached hydrogens (tertiary/aromatic N) is 1. The molecule has 0 amide bonds. The molecule has 0 spiro atoms. The van der Waals surface area contributed by atoms with E-state index in [2.05, 4.69) is 5.09 Å². The van der Waals surface area contributed by atoms with E-state index in [1.54, 1.807) is 42.6 Å². The van der Waals surface area contributed by atoms with Crippen molar-refractivity contribution in [1.82, 2.24) is 5.09 Å². The number of carbonyl (C=O) groups is 2. The van der Waals surface area contributed by atoms with Gasteiger partial charge in [0.2, 0.25) is 0 Å². The van der Waals surface area contributed by atoms with E-state index in [9.17, 15) is 24.4 Å². The molecule has 12 heteroatoms. The van der Waals surface area contributed by atoms with Gasteiger partial charge in [-0.25, -0.2) is 4.57 Å². The van der Waals surface area contributed by atoms with Gasteiger partial charge in [0, 0.05) is 11.5 Å². The summed E-state index contributed by atoms with van der Waals surface area (Å²) in [5.74, 6) is -0.624. The molecule has 1 saturated heterocycles. The van der Waals surface area contributed by atoms with Gasteiger partial charge in [0.25, 0.3) is 6.23 Å². The number of ether oxygens (including phenoxy) is 2. The van der Waals surface area contributed by atoms with Crippen molar-refractivity contribution < 1.29 is 47.5 Å². The van der Waals surface area contributed by atoms with Gasteiger partial charge >= 0.3 is 13.7 Å². The van der Waals surface area contributed by atoms with Crippen LogP contribution in [0.1, 0.15) is 36.0 Å². The van der Waals surface area contributed by atoms with Crippen LogP contribution in [0.15, 0.2) is 97.3 Å². The molecule has 1 fully saturated rings. The maximum atomic E-state index is 14.2. The quantitative estimate of drug-likeness (QED) is 0.0923. The summed E-state index contributed by atoms with van der Waals surface area (Å²) >= 11 is 0. The van der Waals surface area contributed by atoms with Gasteiger partial charge in [0.15, 0.2) is 24.3 Å². The van der Waals surface area contributed by atoms with Crippen LogP contribution in [0.2, 0.25) is 0 Å². The Morgan fingerprint density at radius 3 is 2.48 bits per heavy atom. The Morgan fingerprint density at radius 1 is 0.977 bits per heavy atom. The van der Waals surface area contributed by atoms with Gasteiger partial charge in [0.05, 0.1) is 12.2 Å². The summed E-state index contributed by atoms with van der Waals surface area (Å²) in [6.45, 7) is 2.43. The molecule has 11 nitrogen and oxygen atoms in total. The number of aliphatic hydroxyl groups is 2. The third-order valence-corrected chi connectivity index (χ3v) is 8.80. The average Bonchev–Trinajstić information content (AvgIpc) is 3.32. The zero-order valence-electron chi connectivity index (χ0n) is 24.2. The fraction of sp³-hybridized carbons (Fsp3) is 0.281. The summed E-state index contributed by atoms with van der Waals surface area (Å²) < 4.78 is 38.7. The predicted octanol–water partition coefficient (Wildman–Crippen LogP) is 3.87. The van der Waals surface area contributed by atoms with Crippen molar-refractivity contribution in [2.75, 3.05) is 6.61 Å². The smallest absolute Gasteiger partial charge is 0.459 e. The van der Waals surface area contributed by atoms with Crippen molar-refractivity contribution in [2.45, 2.75) is 51.0 Å². The highest BCUT2D eigenvalue weighted by molar-refractivity contribution is 7.52. The van der Waals surface area contributed by atoms with Crippen molar-refractivity contribution in [1.29, 1.82) is 0 Å². The number of benzene rings is 3. The highest BCUT2D eigenvalue weighted by Gasteiger charge is 2.49. The van der Waals surface area contributed by atoms with Crippen molar-refractivity contribution in [3.63, 3.8) is 0 Å². The number of aromatic nitrogens is 1. The van der Waals surface area contributed by atoms with Gasteiger partial charge in [-0.1, -0.05) is 66.7 Å². The number of hydrogen-bond donors (Lipinski definition) is 3. The van der Waals surface area contributed by atoms with Crippen LogP contribution in [0, 0.1) is 0 Å². The molecule has 3 N–H and O–H groups in total. The zero-order chi connectivity index (χ0) is 31.3. The Morgan fingerprint density at radius 2 is 1.70 bits per heavy atom. The summed E-state index contributed by atoms with van der Waals surface area (Å²) in [7, 11) is -4.34. The molecule has 0 aliphatic carbocycles. The molecular weight excluding hydrogens is 587 g/mol. The van der Waals surface area contributed by atoms with Crippen LogP contribution in [0.4, 0.5) is 0 Å². The minimum absolute atomic E-state index is 0.0188. The summed E-state index contributed by atoms with van der Waals surface area (Å²) in [5.41, 5.74) is 1.18. The van der Waals surface area contributed by atoms with E-state index in [0.29, 0.717) is 10.9 Å². The lowest BCUT2D eigenvalue weighted by Gasteiger charge is -2.25. The third-order valence-electron chi connectivity index (χ3n) is 7.17. The number of Topliss-reactive ketones (excluding diaryl/α,β-unsaturated/α-hetero) is 1. The fourth-order valence-electron chi connectivity index (χ4n) is 4.78. The molecule has 1 aliphatic heterocycles. The Balaban J connectivity index is 1.33. The van der Waals surface area contributed by atoms with E-state index < -0.39 is 50.9 Å². The maximum Gasteiger partial charge on any atom is 0.459 e. The molecule has 2 unspecified atom stereocenters. The molecule has 2 heterocycles. The number of rotatable bonds is 12. The molecule has 1 aliphatic rings. The van der Waals surface area contributed by atoms with Crippen LogP contribution < -0.4 is 14.2 Å². The lowest BCUT2D eigenvalue weighted by molar-refractivity contribution is -0.765. The number of pyridine rings is 1. The first-order valence-corrected chi connectivity index (χ1v) is 15.6. The van der Waals surface area contributed by atoms with Crippen molar-refractivity contribution >= 4 is 30.3 Å². The Bertz CT molecular complexity index is 1660. The molecule has 44 heavy (non-hydrogen) atoms. The van der Waals surface area contributed by atoms with Crippen LogP contribution in [0.5, 0.6) is 5.75 Å². The molecular formula is C32H34N2O9P+. The molecule has 230 valence electrons. The molecule has 1 aromatic heterocycles. The summed E-state index contributed by atoms with van der Waals surface area (Å²) in [6, 6.07) is 23.8. The lowest BCUT2D eigenvalue weighted by Crippen LogP contribution is -2.46. The minimum Gasteiger partial charge on any atom is -0.460 e. The first-order valence-electron chi connectivity index (χ1n) is 14.1. The van der Waals surface area contributed by atoms with Gasteiger partial charge in [-0.15, -0.1) is 0 Å². The fourth-order valence-corrected chi connectivity index (χ4v) is 6.30. The van der Waals surface area contributed by atoms with Gasteiger partial charge in [0.1, 0.15) is 30.6 Å². The average molecular weight is 622 g/mol. The molecule has 0 bridgehead atoms. The van der Waals surface area contributed by atoms with E-state index >= 15 is 0 Å². The Labute approximate surface area is 254 Å². The topological polar surface area (TPSA) is 144 Å². The van der Waals surface area contributed by atoms with E-state index in [1.807, 2.05) is 48.5 Å². The van der Waals surface area contributed by atoms with Crippen molar-refractivity contribution in [3.05, 3.63) is 108 Å². The highest BCUT2D eigenvalue weighted by Crippen LogP contribution is 2.47. The van der Waals surface area contributed by atoms with Crippen LogP contribution in [-0.2, 0) is 30.0 Å². The highest BCUT2D eigenvalue weighted by atomic mass is 31.2. The number of aliphatic hydroxyl groups excluding tert-OH is 2. The Kier molecular flexibility index (Phi) is 9.85. The normalized spacial score (nSPS) is 21.8. The molecule has 6 atom stereocenters. The summed E-state index contributed by atoms with van der Waals surface area (Å²) in [6.07, 6.45) is -1.88. The monoisotopic (exact) mass is 621 g/mol. The van der Waals surface area contributed by atoms with Crippen LogP contribution in [0.25, 0.3) is 10.8 Å². The van der Waals surface area contributed by atoms with E-state index in [-0.39, 0.29) is 18.1 Å². The van der Waals surface area contributed by atoms with Crippen LogP contribution in [-0.4, -0.2) is 52.9 Å². The maximum absolute atomic E-state index is 14.2. The van der Waals surface area contributed by atoms with E-state index in [4.69, 9.17) is 18.5 Å². The van der Waals surface area contributed by atoms with E-state index in [0.717, 1.165) is 10.9 Å². The summed E-state index contributed by atoms with van der Waals surface area (Å²) in [4.78, 5) is 24.7. The number of nitrogens with one attached hydrogen (secondary N) is 1. The van der Waals surface area contributed by atoms with E-state index in [1.165, 1.54) is 24.6 Å². The number of fused-ring (bicyclic) bond motifs is 1. The predicted molar refractivity (Wildman–Crippen MR) is 160 cm³/mol. The molecule has 0 saturated carbocycles. The molecule has 0 radical (unpaired) electrons. The second kappa shape index (κ2) is 13.8. The molecule has 3 aromatic carbocycles. The first kappa shape index (κ1) is 31.5. The summed E-state index contributed by atoms with van der Waals surface area (Å²) in [5, 5.41) is 25.7. The second-order valence-corrected chi connectivity index (χ2v) is 12.1. The molecule has 4 aromatic rings. The minimum atomic E-state index is -4.34. The largest absolute Gasteiger partial charge is 0.460 e. The van der Waals surface area contributed by atoms with Crippen LogP contribution >= 0.6 is 7.75 Å². The number of hydrogen-bond acceptors (Lipinski definition) is 9. The zero-order valence-corrected chi connectivity index (χ0v) is 25.1. The first-order chi connectivity index (χ1) is 21.1. The van der Waals surface area contributed by atoms with Gasteiger partial charge in [-0.05, 0) is 36.9 Å². The van der Waals surface area contributed by atoms with Crippen LogP contribution in [0.3, 0.4) is 0 Å². The SMILES string of the molecule is CC(=O)c1ccc[n+]([C@@H]2O[C@H](COP(=O)(N[C@@H](C)C(=O)OCc3ccccc3)Oc3cccc4ccccc34)C(O)[C@@H]2O)c1. The standard InChI is InChI=1S/C32H34N2O9P/c1-21(32(38)40-19-23-10-4-3-5-11-23)33-44(39,43-27-16-8-13-24-12-6-7-15-26(24)27)41-20-28-29(36)30(37)31(42-28)34-17-9-14-25(18-34)22(2)35/h3-18,21,28-31,36-37H,19-20H2,1-2H3,(H,33,39)/q+1/t21-,28+,29?,30-,31+,44?/m0/s1. The van der Waals surface area contributed by atoms with Gasteiger partial charge in [-0.2, -0.15) is 9.65 Å². The van der Waals surface area contributed by atoms with Crippen molar-refractivity contribution in [3.8, 4) is 5.75 Å². The van der Waals surface area contributed by atoms with Gasteiger partial charge in [-0.3, -0.25) is 14.1 Å². The number of esters is 1. The van der Waals surface area contributed by atoms with Gasteiger partial charge < -0.3 is 24.2 Å². The second-order valence-electron chi connectivity index (χ2n) is 10.4. The third kappa shape index (κ3) is 7.39. The number of ketones is 1. The molecule has 5 rings (SSSR count). The van der Waals surface area contributed by atoms with Crippen molar-refractivity contribution in [2.24, 2.45) is 0 Å². The number of carbonyl (C=O) groups excluding carboxylic acids is 2. The lowest BCUT2D eigenvalue weighted by atomic mass is 10.1. The Hall–Kier alpha value is -3.96.